The lowest BCUT2D eigenvalue weighted by atomic mass is 10.0. The summed E-state index contributed by atoms with van der Waals surface area (Å²) in [6, 6.07) is 12.0. The maximum Gasteiger partial charge on any atom is 0.346 e. The highest BCUT2D eigenvalue weighted by atomic mass is 35.5. The summed E-state index contributed by atoms with van der Waals surface area (Å²) in [7, 11) is 0. The first-order chi connectivity index (χ1) is 15.3. The van der Waals surface area contributed by atoms with E-state index >= 15 is 0 Å². The van der Waals surface area contributed by atoms with Gasteiger partial charge in [0.25, 0.3) is 5.91 Å². The minimum absolute atomic E-state index is 0.0230. The molecular weight excluding hydrogens is 473 g/mol. The van der Waals surface area contributed by atoms with E-state index in [1.807, 2.05) is 25.1 Å². The first kappa shape index (κ1) is 22.3. The van der Waals surface area contributed by atoms with Gasteiger partial charge in [0, 0.05) is 11.1 Å². The summed E-state index contributed by atoms with van der Waals surface area (Å²) < 4.78 is 6.12. The number of amides is 2. The second-order valence-corrected chi connectivity index (χ2v) is 8.89. The number of hydrogen-bond acceptors (Lipinski definition) is 5. The second kappa shape index (κ2) is 8.94. The summed E-state index contributed by atoms with van der Waals surface area (Å²) in [4.78, 5) is 38.3. The Morgan fingerprint density at radius 1 is 1.22 bits per heavy atom. The number of carboxylic acids is 1. The van der Waals surface area contributed by atoms with Crippen molar-refractivity contribution in [1.82, 2.24) is 0 Å². The lowest BCUT2D eigenvalue weighted by Crippen LogP contribution is -2.42. The number of halogens is 2. The van der Waals surface area contributed by atoms with Gasteiger partial charge in [-0.25, -0.2) is 9.69 Å². The van der Waals surface area contributed by atoms with Gasteiger partial charge >= 0.3 is 5.97 Å². The van der Waals surface area contributed by atoms with Crippen LogP contribution in [0, 0.1) is 0 Å². The van der Waals surface area contributed by atoms with E-state index < -0.39 is 17.8 Å². The standard InChI is InChI=1S/C23H17Cl2NO5S/c1-2-18(12-4-3-5-14(24)8-12)31-15-6-7-16(25)17(10-15)26-19(27)9-13-11-32-21(23(29)30)20(13)22(26)28/h3-8,10-11,18H,2,9H2,1H3,(H,29,30). The molecule has 0 aliphatic carbocycles. The lowest BCUT2D eigenvalue weighted by molar-refractivity contribution is -0.117. The third-order valence-corrected chi connectivity index (χ3v) is 6.67. The van der Waals surface area contributed by atoms with Crippen LogP contribution in [-0.2, 0) is 11.2 Å². The number of carbonyl (C=O) groups is 3. The fraction of sp³-hybridized carbons (Fsp3) is 0.174. The number of benzene rings is 2. The molecule has 1 N–H and O–H groups in total. The van der Waals surface area contributed by atoms with Crippen molar-refractivity contribution in [2.75, 3.05) is 4.90 Å². The smallest absolute Gasteiger partial charge is 0.346 e. The van der Waals surface area contributed by atoms with Crippen molar-refractivity contribution in [2.24, 2.45) is 0 Å². The molecule has 0 fully saturated rings. The molecule has 0 saturated carbocycles. The molecule has 1 aromatic heterocycles. The molecule has 0 radical (unpaired) electrons. The average molecular weight is 490 g/mol. The predicted molar refractivity (Wildman–Crippen MR) is 123 cm³/mol. The van der Waals surface area contributed by atoms with Gasteiger partial charge in [-0.1, -0.05) is 42.3 Å². The molecule has 0 spiro atoms. The zero-order valence-electron chi connectivity index (χ0n) is 16.8. The van der Waals surface area contributed by atoms with Crippen LogP contribution >= 0.6 is 34.5 Å². The van der Waals surface area contributed by atoms with Gasteiger partial charge in [0.05, 0.1) is 22.7 Å². The van der Waals surface area contributed by atoms with Crippen molar-refractivity contribution < 1.29 is 24.2 Å². The van der Waals surface area contributed by atoms with Crippen LogP contribution in [0.5, 0.6) is 5.75 Å². The highest BCUT2D eigenvalue weighted by molar-refractivity contribution is 7.12. The Morgan fingerprint density at radius 3 is 2.69 bits per heavy atom. The number of thiophene rings is 1. The number of hydrogen-bond donors (Lipinski definition) is 1. The maximum absolute atomic E-state index is 13.1. The molecule has 1 unspecified atom stereocenters. The van der Waals surface area contributed by atoms with E-state index in [0.29, 0.717) is 22.8 Å². The minimum atomic E-state index is -1.21. The molecule has 4 rings (SSSR count). The molecule has 3 aromatic rings. The Labute approximate surface area is 197 Å². The number of imide groups is 1. The molecule has 2 amide bonds. The number of anilines is 1. The van der Waals surface area contributed by atoms with Crippen LogP contribution < -0.4 is 9.64 Å². The first-order valence-electron chi connectivity index (χ1n) is 9.72. The van der Waals surface area contributed by atoms with Gasteiger partial charge in [-0.05, 0) is 47.2 Å². The van der Waals surface area contributed by atoms with Gasteiger partial charge in [0.1, 0.15) is 16.7 Å². The molecule has 1 aliphatic rings. The summed E-state index contributed by atoms with van der Waals surface area (Å²) in [5, 5.41) is 11.7. The Balaban J connectivity index is 1.69. The second-order valence-electron chi connectivity index (χ2n) is 7.16. The SMILES string of the molecule is CCC(Oc1ccc(Cl)c(N2C(=O)Cc3csc(C(=O)O)c3C2=O)c1)c1cccc(Cl)c1. The maximum atomic E-state index is 13.1. The number of aromatic carboxylic acids is 1. The van der Waals surface area contributed by atoms with Gasteiger partial charge < -0.3 is 9.84 Å². The quantitative estimate of drug-likeness (QED) is 0.428. The molecule has 32 heavy (non-hydrogen) atoms. The van der Waals surface area contributed by atoms with Crippen molar-refractivity contribution in [3.63, 3.8) is 0 Å². The normalized spacial score (nSPS) is 14.3. The van der Waals surface area contributed by atoms with Crippen LogP contribution in [0.4, 0.5) is 5.69 Å². The fourth-order valence-electron chi connectivity index (χ4n) is 3.62. The average Bonchev–Trinajstić information content (AvgIpc) is 3.18. The van der Waals surface area contributed by atoms with Crippen LogP contribution in [0.1, 0.15) is 50.6 Å². The van der Waals surface area contributed by atoms with Crippen LogP contribution in [0.25, 0.3) is 0 Å². The largest absolute Gasteiger partial charge is 0.486 e. The number of fused-ring (bicyclic) bond motifs is 1. The third kappa shape index (κ3) is 4.11. The monoisotopic (exact) mass is 489 g/mol. The molecule has 2 heterocycles. The van der Waals surface area contributed by atoms with Crippen molar-refractivity contribution in [3.05, 3.63) is 79.5 Å². The van der Waals surface area contributed by atoms with Crippen LogP contribution in [0.15, 0.2) is 47.8 Å². The van der Waals surface area contributed by atoms with E-state index in [9.17, 15) is 19.5 Å². The Morgan fingerprint density at radius 2 is 2.00 bits per heavy atom. The highest BCUT2D eigenvalue weighted by Crippen LogP contribution is 2.38. The minimum Gasteiger partial charge on any atom is -0.486 e. The van der Waals surface area contributed by atoms with Crippen LogP contribution in [0.2, 0.25) is 10.0 Å². The molecule has 2 aromatic carbocycles. The third-order valence-electron chi connectivity index (χ3n) is 5.10. The van der Waals surface area contributed by atoms with Crippen molar-refractivity contribution in [3.8, 4) is 5.75 Å². The van der Waals surface area contributed by atoms with E-state index in [0.717, 1.165) is 21.8 Å². The van der Waals surface area contributed by atoms with E-state index in [1.54, 1.807) is 18.2 Å². The van der Waals surface area contributed by atoms with Gasteiger partial charge in [-0.15, -0.1) is 11.3 Å². The zero-order chi connectivity index (χ0) is 23.0. The summed E-state index contributed by atoms with van der Waals surface area (Å²) in [6.07, 6.45) is 0.254. The fourth-order valence-corrected chi connectivity index (χ4v) is 4.92. The Kier molecular flexibility index (Phi) is 6.24. The van der Waals surface area contributed by atoms with Crippen molar-refractivity contribution in [1.29, 1.82) is 0 Å². The number of nitrogens with zero attached hydrogens (tertiary/aromatic N) is 1. The summed E-state index contributed by atoms with van der Waals surface area (Å²) >= 11 is 13.4. The van der Waals surface area contributed by atoms with Gasteiger partial charge in [-0.3, -0.25) is 9.59 Å². The van der Waals surface area contributed by atoms with Gasteiger partial charge in [0.15, 0.2) is 0 Å². The van der Waals surface area contributed by atoms with Crippen molar-refractivity contribution >= 4 is 58.0 Å². The summed E-state index contributed by atoms with van der Waals surface area (Å²) in [5.74, 6) is -2.00. The first-order valence-corrected chi connectivity index (χ1v) is 11.4. The molecular formula is C23H17Cl2NO5S. The Hall–Kier alpha value is -2.87. The number of ether oxygens (including phenoxy) is 1. The van der Waals surface area contributed by atoms with Crippen molar-refractivity contribution in [2.45, 2.75) is 25.9 Å². The molecule has 0 bridgehead atoms. The molecule has 164 valence electrons. The molecule has 1 aliphatic heterocycles. The molecule has 1 atom stereocenters. The highest BCUT2D eigenvalue weighted by Gasteiger charge is 2.37. The van der Waals surface area contributed by atoms with Gasteiger partial charge in [-0.2, -0.15) is 0 Å². The molecule has 6 nitrogen and oxygen atoms in total. The predicted octanol–water partition coefficient (Wildman–Crippen LogP) is 6.01. The number of carbonyl (C=O) groups excluding carboxylic acids is 2. The van der Waals surface area contributed by atoms with Crippen LogP contribution in [0.3, 0.4) is 0 Å². The van der Waals surface area contributed by atoms with E-state index in [-0.39, 0.29) is 33.7 Å². The lowest BCUT2D eigenvalue weighted by Gasteiger charge is -2.27. The Bertz CT molecular complexity index is 1240. The van der Waals surface area contributed by atoms with E-state index in [1.165, 1.54) is 11.4 Å². The number of carboxylic acid groups (broad SMARTS) is 1. The zero-order valence-corrected chi connectivity index (χ0v) is 19.1. The molecule has 9 heteroatoms. The van der Waals surface area contributed by atoms with Crippen LogP contribution in [-0.4, -0.2) is 22.9 Å². The summed E-state index contributed by atoms with van der Waals surface area (Å²) in [5.41, 5.74) is 1.47. The van der Waals surface area contributed by atoms with Gasteiger partial charge in [0.2, 0.25) is 5.91 Å². The number of rotatable bonds is 6. The summed E-state index contributed by atoms with van der Waals surface area (Å²) in [6.45, 7) is 1.96. The van der Waals surface area contributed by atoms with E-state index in [4.69, 9.17) is 27.9 Å². The molecule has 0 saturated heterocycles. The van der Waals surface area contributed by atoms with E-state index in [2.05, 4.69) is 0 Å². The topological polar surface area (TPSA) is 83.9 Å².